The molecule has 2 heterocycles. The van der Waals surface area contributed by atoms with Gasteiger partial charge in [0.1, 0.15) is 5.70 Å². The summed E-state index contributed by atoms with van der Waals surface area (Å²) in [5, 5.41) is 3.74. The first-order chi connectivity index (χ1) is 15.5. The number of fused-ring (bicyclic) bond motifs is 1. The number of halogens is 1. The smallest absolute Gasteiger partial charge is 0.278 e. The molecule has 0 fully saturated rings. The van der Waals surface area contributed by atoms with Gasteiger partial charge in [0.05, 0.1) is 12.1 Å². The highest BCUT2D eigenvalue weighted by Crippen LogP contribution is 2.37. The molecule has 2 aliphatic rings. The Morgan fingerprint density at radius 3 is 2.38 bits per heavy atom. The molecule has 160 valence electrons. The molecule has 0 saturated carbocycles. The summed E-state index contributed by atoms with van der Waals surface area (Å²) in [6.45, 7) is 2.28. The molecule has 7 heteroatoms. The second kappa shape index (κ2) is 8.05. The molecule has 6 nitrogen and oxygen atoms in total. The van der Waals surface area contributed by atoms with Crippen LogP contribution in [0.4, 0.5) is 5.69 Å². The zero-order chi connectivity index (χ0) is 22.2. The fraction of sp³-hybridized carbons (Fsp3) is 0.120. The summed E-state index contributed by atoms with van der Waals surface area (Å²) in [6.07, 6.45) is 0. The molecule has 32 heavy (non-hydrogen) atoms. The summed E-state index contributed by atoms with van der Waals surface area (Å²) >= 11 is 5.97. The summed E-state index contributed by atoms with van der Waals surface area (Å²) in [6, 6.07) is 19.9. The summed E-state index contributed by atoms with van der Waals surface area (Å²) in [5.41, 5.74) is 3.74. The number of benzene rings is 3. The van der Waals surface area contributed by atoms with Crippen molar-refractivity contribution in [3.8, 4) is 11.5 Å². The van der Waals surface area contributed by atoms with Crippen LogP contribution in [0.5, 0.6) is 11.5 Å². The van der Waals surface area contributed by atoms with Crippen LogP contribution in [0.15, 0.2) is 72.4 Å². The zero-order valence-electron chi connectivity index (χ0n) is 17.2. The Kier molecular flexibility index (Phi) is 5.07. The van der Waals surface area contributed by atoms with E-state index in [1.807, 2.05) is 31.2 Å². The van der Waals surface area contributed by atoms with E-state index in [-0.39, 0.29) is 24.9 Å². The third kappa shape index (κ3) is 3.69. The Morgan fingerprint density at radius 1 is 0.906 bits per heavy atom. The Labute approximate surface area is 190 Å². The molecule has 0 bridgehead atoms. The number of hydrogen-bond donors (Lipinski definition) is 1. The standard InChI is InChI=1S/C25H19ClN2O4/c1-15-2-6-17(7-3-15)22-23(27-19-10-11-20-21(12-19)32-14-31-20)25(30)28(24(22)29)13-16-4-8-18(26)9-5-16/h2-12,27H,13-14H2,1H3. The number of imide groups is 1. The van der Waals surface area contributed by atoms with Gasteiger partial charge in [-0.1, -0.05) is 53.6 Å². The van der Waals surface area contributed by atoms with Crippen molar-refractivity contribution < 1.29 is 19.1 Å². The second-order valence-electron chi connectivity index (χ2n) is 7.63. The van der Waals surface area contributed by atoms with Gasteiger partial charge >= 0.3 is 0 Å². The first-order valence-electron chi connectivity index (χ1n) is 10.1. The predicted molar refractivity (Wildman–Crippen MR) is 121 cm³/mol. The molecule has 0 unspecified atom stereocenters. The van der Waals surface area contributed by atoms with Crippen LogP contribution < -0.4 is 14.8 Å². The Balaban J connectivity index is 1.52. The van der Waals surface area contributed by atoms with E-state index in [0.717, 1.165) is 11.1 Å². The topological polar surface area (TPSA) is 67.9 Å². The average Bonchev–Trinajstić information content (AvgIpc) is 3.34. The summed E-state index contributed by atoms with van der Waals surface area (Å²) in [5.74, 6) is 0.485. The van der Waals surface area contributed by atoms with Crippen molar-refractivity contribution in [2.75, 3.05) is 12.1 Å². The molecule has 0 aromatic heterocycles. The highest BCUT2D eigenvalue weighted by molar-refractivity contribution is 6.36. The number of rotatable bonds is 5. The number of aryl methyl sites for hydroxylation is 1. The van der Waals surface area contributed by atoms with E-state index in [1.165, 1.54) is 4.90 Å². The van der Waals surface area contributed by atoms with E-state index in [0.29, 0.717) is 33.3 Å². The van der Waals surface area contributed by atoms with Crippen LogP contribution in [0.25, 0.3) is 5.57 Å². The van der Waals surface area contributed by atoms with Crippen molar-refractivity contribution in [1.82, 2.24) is 4.90 Å². The highest BCUT2D eigenvalue weighted by atomic mass is 35.5. The maximum absolute atomic E-state index is 13.4. The van der Waals surface area contributed by atoms with E-state index in [9.17, 15) is 9.59 Å². The van der Waals surface area contributed by atoms with Gasteiger partial charge in [-0.25, -0.2) is 0 Å². The zero-order valence-corrected chi connectivity index (χ0v) is 18.0. The Hall–Kier alpha value is -3.77. The quantitative estimate of drug-likeness (QED) is 0.572. The summed E-state index contributed by atoms with van der Waals surface area (Å²) < 4.78 is 10.8. The van der Waals surface area contributed by atoms with E-state index < -0.39 is 5.91 Å². The molecule has 2 amide bonds. The number of anilines is 1. The minimum absolute atomic E-state index is 0.149. The van der Waals surface area contributed by atoms with Crippen molar-refractivity contribution >= 4 is 34.7 Å². The number of carbonyl (C=O) groups excluding carboxylic acids is 2. The fourth-order valence-electron chi connectivity index (χ4n) is 3.71. The maximum Gasteiger partial charge on any atom is 0.278 e. The lowest BCUT2D eigenvalue weighted by Crippen LogP contribution is -2.32. The minimum Gasteiger partial charge on any atom is -0.454 e. The van der Waals surface area contributed by atoms with Crippen LogP contribution >= 0.6 is 11.6 Å². The lowest BCUT2D eigenvalue weighted by molar-refractivity contribution is -0.137. The van der Waals surface area contributed by atoms with E-state index in [1.54, 1.807) is 42.5 Å². The van der Waals surface area contributed by atoms with Crippen molar-refractivity contribution in [2.24, 2.45) is 0 Å². The first-order valence-corrected chi connectivity index (χ1v) is 10.5. The molecular formula is C25H19ClN2O4. The van der Waals surface area contributed by atoms with Crippen LogP contribution in [-0.2, 0) is 16.1 Å². The Morgan fingerprint density at radius 2 is 1.62 bits per heavy atom. The van der Waals surface area contributed by atoms with Crippen molar-refractivity contribution in [3.63, 3.8) is 0 Å². The van der Waals surface area contributed by atoms with Crippen LogP contribution in [0.3, 0.4) is 0 Å². The van der Waals surface area contributed by atoms with E-state index in [2.05, 4.69) is 5.32 Å². The van der Waals surface area contributed by atoms with Gasteiger partial charge in [-0.05, 0) is 42.3 Å². The van der Waals surface area contributed by atoms with E-state index >= 15 is 0 Å². The van der Waals surface area contributed by atoms with Gasteiger partial charge < -0.3 is 14.8 Å². The molecule has 0 radical (unpaired) electrons. The average molecular weight is 447 g/mol. The van der Waals surface area contributed by atoms with Gasteiger partial charge in [0.2, 0.25) is 6.79 Å². The molecule has 3 aromatic carbocycles. The largest absolute Gasteiger partial charge is 0.454 e. The molecule has 0 saturated heterocycles. The normalized spacial score (nSPS) is 15.0. The van der Waals surface area contributed by atoms with Crippen LogP contribution in [-0.4, -0.2) is 23.5 Å². The number of amides is 2. The first kappa shape index (κ1) is 20.2. The maximum atomic E-state index is 13.4. The van der Waals surface area contributed by atoms with Crippen molar-refractivity contribution in [2.45, 2.75) is 13.5 Å². The van der Waals surface area contributed by atoms with Gasteiger partial charge in [-0.15, -0.1) is 0 Å². The summed E-state index contributed by atoms with van der Waals surface area (Å²) in [7, 11) is 0. The summed E-state index contributed by atoms with van der Waals surface area (Å²) in [4.78, 5) is 28.0. The fourth-order valence-corrected chi connectivity index (χ4v) is 3.84. The third-order valence-electron chi connectivity index (χ3n) is 5.40. The number of nitrogens with zero attached hydrogens (tertiary/aromatic N) is 1. The van der Waals surface area contributed by atoms with Crippen molar-refractivity contribution in [1.29, 1.82) is 0 Å². The molecule has 0 aliphatic carbocycles. The van der Waals surface area contributed by atoms with Gasteiger partial charge in [0.15, 0.2) is 11.5 Å². The van der Waals surface area contributed by atoms with E-state index in [4.69, 9.17) is 21.1 Å². The van der Waals surface area contributed by atoms with Crippen molar-refractivity contribution in [3.05, 3.63) is 94.1 Å². The SMILES string of the molecule is Cc1ccc(C2=C(Nc3ccc4c(c3)OCO4)C(=O)N(Cc3ccc(Cl)cc3)C2=O)cc1. The molecular weight excluding hydrogens is 428 g/mol. The highest BCUT2D eigenvalue weighted by Gasteiger charge is 2.39. The van der Waals surface area contributed by atoms with Crippen LogP contribution in [0.1, 0.15) is 16.7 Å². The van der Waals surface area contributed by atoms with Gasteiger partial charge in [0, 0.05) is 16.8 Å². The lowest BCUT2D eigenvalue weighted by atomic mass is 10.0. The second-order valence-corrected chi connectivity index (χ2v) is 8.07. The number of ether oxygens (including phenoxy) is 2. The number of hydrogen-bond acceptors (Lipinski definition) is 5. The van der Waals surface area contributed by atoms with Crippen LogP contribution in [0.2, 0.25) is 5.02 Å². The molecule has 0 atom stereocenters. The molecule has 0 spiro atoms. The van der Waals surface area contributed by atoms with Gasteiger partial charge in [-0.3, -0.25) is 14.5 Å². The lowest BCUT2D eigenvalue weighted by Gasteiger charge is -2.15. The van der Waals surface area contributed by atoms with Gasteiger partial charge in [-0.2, -0.15) is 0 Å². The third-order valence-corrected chi connectivity index (χ3v) is 5.66. The number of carbonyl (C=O) groups is 2. The number of nitrogens with one attached hydrogen (secondary N) is 1. The molecule has 1 N–H and O–H groups in total. The monoisotopic (exact) mass is 446 g/mol. The molecule has 2 aliphatic heterocycles. The van der Waals surface area contributed by atoms with Gasteiger partial charge in [0.25, 0.3) is 11.8 Å². The molecule has 5 rings (SSSR count). The molecule has 3 aromatic rings. The Bertz CT molecular complexity index is 1250. The van der Waals surface area contributed by atoms with Crippen LogP contribution in [0, 0.1) is 6.92 Å². The predicted octanol–water partition coefficient (Wildman–Crippen LogP) is 4.77. The minimum atomic E-state index is -0.391.